The minimum Gasteiger partial charge on any atom is -0.481 e. The van der Waals surface area contributed by atoms with Crippen LogP contribution in [-0.4, -0.2) is 38.5 Å². The molecule has 4 rings (SSSR count). The van der Waals surface area contributed by atoms with Gasteiger partial charge in [0, 0.05) is 28.9 Å². The van der Waals surface area contributed by atoms with Crippen LogP contribution in [0.15, 0.2) is 60.7 Å². The molecule has 0 unspecified atom stereocenters. The third-order valence-corrected chi connectivity index (χ3v) is 5.39. The van der Waals surface area contributed by atoms with E-state index in [0.717, 1.165) is 46.1 Å². The van der Waals surface area contributed by atoms with Crippen molar-refractivity contribution < 1.29 is 20.1 Å². The van der Waals surface area contributed by atoms with Gasteiger partial charge in [0.2, 0.25) is 0 Å². The highest BCUT2D eigenvalue weighted by Gasteiger charge is 2.29. The Morgan fingerprint density at radius 1 is 1.07 bits per heavy atom. The van der Waals surface area contributed by atoms with E-state index in [0.29, 0.717) is 5.92 Å². The molecule has 0 radical (unpaired) electrons. The van der Waals surface area contributed by atoms with E-state index < -0.39 is 18.2 Å². The van der Waals surface area contributed by atoms with Crippen LogP contribution in [0, 0.1) is 0 Å². The van der Waals surface area contributed by atoms with Crippen LogP contribution in [0.4, 0.5) is 0 Å². The predicted octanol–water partition coefficient (Wildman–Crippen LogP) is 4.38. The van der Waals surface area contributed by atoms with Gasteiger partial charge >= 0.3 is 5.97 Å². The average Bonchev–Trinajstić information content (AvgIpc) is 3.56. The second-order valence-corrected chi connectivity index (χ2v) is 7.86. The van der Waals surface area contributed by atoms with Gasteiger partial charge in [-0.15, -0.1) is 0 Å². The summed E-state index contributed by atoms with van der Waals surface area (Å²) in [5.41, 5.74) is 5.12. The Morgan fingerprint density at radius 3 is 2.47 bits per heavy atom. The summed E-state index contributed by atoms with van der Waals surface area (Å²) in [4.78, 5) is 15.7. The maximum absolute atomic E-state index is 10.8. The molecule has 1 aromatic heterocycles. The lowest BCUT2D eigenvalue weighted by Gasteiger charge is -2.16. The van der Waals surface area contributed by atoms with Crippen LogP contribution >= 0.6 is 0 Å². The molecule has 1 aliphatic carbocycles. The number of para-hydroxylation sites is 1. The molecule has 0 aliphatic heterocycles. The number of aliphatic carboxylic acids is 1. The highest BCUT2D eigenvalue weighted by Crippen LogP contribution is 2.45. The summed E-state index contributed by atoms with van der Waals surface area (Å²) in [6, 6.07) is 18.2. The summed E-state index contributed by atoms with van der Waals surface area (Å²) in [7, 11) is 0. The fourth-order valence-electron chi connectivity index (χ4n) is 3.85. The number of nitrogens with zero attached hydrogens (tertiary/aromatic N) is 1. The number of benzene rings is 2. The summed E-state index contributed by atoms with van der Waals surface area (Å²) >= 11 is 0. The van der Waals surface area contributed by atoms with Gasteiger partial charge in [0.25, 0.3) is 0 Å². The summed E-state index contributed by atoms with van der Waals surface area (Å²) < 4.78 is 0. The predicted molar refractivity (Wildman–Crippen MR) is 117 cm³/mol. The topological polar surface area (TPSA) is 90.7 Å². The number of fused-ring (bicyclic) bond motifs is 1. The quantitative estimate of drug-likeness (QED) is 0.519. The maximum atomic E-state index is 10.8. The Morgan fingerprint density at radius 2 is 1.77 bits per heavy atom. The molecule has 2 atom stereocenters. The Bertz CT molecular complexity index is 1070. The van der Waals surface area contributed by atoms with Crippen molar-refractivity contribution in [3.8, 4) is 11.1 Å². The van der Waals surface area contributed by atoms with Gasteiger partial charge in [0.05, 0.1) is 29.8 Å². The van der Waals surface area contributed by atoms with Crippen LogP contribution in [0.25, 0.3) is 28.1 Å². The monoisotopic (exact) mass is 403 g/mol. The van der Waals surface area contributed by atoms with Gasteiger partial charge in [0.15, 0.2) is 0 Å². The SMILES string of the molecule is O=C(O)C[C@H](O)C[C@H](O)C=Cc1c(C2CC2)nc2ccccc2c1-c1ccccc1. The van der Waals surface area contributed by atoms with Gasteiger partial charge in [-0.2, -0.15) is 0 Å². The molecule has 154 valence electrons. The van der Waals surface area contributed by atoms with Crippen LogP contribution in [0.1, 0.15) is 42.9 Å². The zero-order valence-corrected chi connectivity index (χ0v) is 16.6. The fraction of sp³-hybridized carbons (Fsp3) is 0.280. The molecule has 1 fully saturated rings. The zero-order valence-electron chi connectivity index (χ0n) is 16.6. The van der Waals surface area contributed by atoms with Gasteiger partial charge in [0.1, 0.15) is 0 Å². The average molecular weight is 403 g/mol. The number of aromatic nitrogens is 1. The number of carbonyl (C=O) groups is 1. The molecule has 1 saturated carbocycles. The second-order valence-electron chi connectivity index (χ2n) is 7.86. The van der Waals surface area contributed by atoms with Crippen LogP contribution in [-0.2, 0) is 4.79 Å². The molecule has 0 saturated heterocycles. The molecule has 5 heteroatoms. The van der Waals surface area contributed by atoms with E-state index in [4.69, 9.17) is 10.1 Å². The summed E-state index contributed by atoms with van der Waals surface area (Å²) in [6.07, 6.45) is 3.27. The summed E-state index contributed by atoms with van der Waals surface area (Å²) in [5.74, 6) is -0.675. The van der Waals surface area contributed by atoms with Crippen molar-refractivity contribution in [3.05, 3.63) is 71.9 Å². The Kier molecular flexibility index (Phi) is 5.93. The third kappa shape index (κ3) is 4.58. The standard InChI is InChI=1S/C25H25NO4/c27-18(14-19(28)15-23(29)30)12-13-21-24(16-6-2-1-3-7-16)20-8-4-5-9-22(20)26-25(21)17-10-11-17/h1-9,12-13,17-19,27-28H,10-11,14-15H2,(H,29,30)/t18-,19-/m1/s1. The van der Waals surface area contributed by atoms with Crippen LogP contribution in [0.2, 0.25) is 0 Å². The normalized spacial score (nSPS) is 16.1. The number of pyridine rings is 1. The number of rotatable bonds is 8. The third-order valence-electron chi connectivity index (χ3n) is 5.39. The molecular formula is C25H25NO4. The van der Waals surface area contributed by atoms with E-state index in [9.17, 15) is 15.0 Å². The molecule has 5 nitrogen and oxygen atoms in total. The lowest BCUT2D eigenvalue weighted by Crippen LogP contribution is -2.19. The minimum absolute atomic E-state index is 0.0246. The van der Waals surface area contributed by atoms with Gasteiger partial charge in [-0.1, -0.05) is 60.7 Å². The van der Waals surface area contributed by atoms with Crippen molar-refractivity contribution in [2.24, 2.45) is 0 Å². The Balaban J connectivity index is 1.78. The molecule has 30 heavy (non-hydrogen) atoms. The molecule has 3 aromatic rings. The second kappa shape index (κ2) is 8.78. The summed E-state index contributed by atoms with van der Waals surface area (Å²) in [5, 5.41) is 30.0. The van der Waals surface area contributed by atoms with Crippen LogP contribution in [0.5, 0.6) is 0 Å². The lowest BCUT2D eigenvalue weighted by atomic mass is 9.92. The van der Waals surface area contributed by atoms with E-state index >= 15 is 0 Å². The summed E-state index contributed by atoms with van der Waals surface area (Å²) in [6.45, 7) is 0. The number of aliphatic hydroxyl groups excluding tert-OH is 2. The van der Waals surface area contributed by atoms with Crippen molar-refractivity contribution in [1.82, 2.24) is 4.98 Å². The fourth-order valence-corrected chi connectivity index (χ4v) is 3.85. The molecule has 1 heterocycles. The molecular weight excluding hydrogens is 378 g/mol. The van der Waals surface area contributed by atoms with Gasteiger partial charge in [-0.3, -0.25) is 9.78 Å². The van der Waals surface area contributed by atoms with E-state index in [2.05, 4.69) is 18.2 Å². The smallest absolute Gasteiger partial charge is 0.305 e. The van der Waals surface area contributed by atoms with Crippen molar-refractivity contribution >= 4 is 22.9 Å². The van der Waals surface area contributed by atoms with E-state index in [-0.39, 0.29) is 12.8 Å². The van der Waals surface area contributed by atoms with E-state index in [1.807, 2.05) is 42.5 Å². The van der Waals surface area contributed by atoms with Crippen molar-refractivity contribution in [2.75, 3.05) is 0 Å². The van der Waals surface area contributed by atoms with Crippen molar-refractivity contribution in [3.63, 3.8) is 0 Å². The zero-order chi connectivity index (χ0) is 21.1. The first kappa shape index (κ1) is 20.3. The number of hydrogen-bond donors (Lipinski definition) is 3. The minimum atomic E-state index is -1.09. The molecule has 1 aliphatic rings. The van der Waals surface area contributed by atoms with Crippen LogP contribution in [0.3, 0.4) is 0 Å². The maximum Gasteiger partial charge on any atom is 0.305 e. The molecule has 2 aromatic carbocycles. The molecule has 0 spiro atoms. The lowest BCUT2D eigenvalue weighted by molar-refractivity contribution is -0.139. The van der Waals surface area contributed by atoms with Gasteiger partial charge in [-0.05, 0) is 24.5 Å². The number of aliphatic hydroxyl groups is 2. The van der Waals surface area contributed by atoms with Crippen molar-refractivity contribution in [1.29, 1.82) is 0 Å². The van der Waals surface area contributed by atoms with E-state index in [1.165, 1.54) is 0 Å². The van der Waals surface area contributed by atoms with Gasteiger partial charge in [-0.25, -0.2) is 0 Å². The first-order valence-corrected chi connectivity index (χ1v) is 10.3. The Labute approximate surface area is 175 Å². The number of carboxylic acid groups (broad SMARTS) is 1. The first-order valence-electron chi connectivity index (χ1n) is 10.3. The number of hydrogen-bond acceptors (Lipinski definition) is 4. The number of carboxylic acids is 1. The highest BCUT2D eigenvalue weighted by atomic mass is 16.4. The first-order chi connectivity index (χ1) is 14.5. The van der Waals surface area contributed by atoms with Crippen LogP contribution < -0.4 is 0 Å². The van der Waals surface area contributed by atoms with Crippen molar-refractivity contribution in [2.45, 2.75) is 43.8 Å². The van der Waals surface area contributed by atoms with Gasteiger partial charge < -0.3 is 15.3 Å². The molecule has 3 N–H and O–H groups in total. The van der Waals surface area contributed by atoms with E-state index in [1.54, 1.807) is 6.08 Å². The molecule has 0 bridgehead atoms. The molecule has 0 amide bonds. The largest absolute Gasteiger partial charge is 0.481 e. The Hall–Kier alpha value is -3.02. The highest BCUT2D eigenvalue weighted by molar-refractivity contribution is 5.99.